The lowest BCUT2D eigenvalue weighted by atomic mass is 9.94. The average molecular weight is 330 g/mol. The average Bonchev–Trinajstić information content (AvgIpc) is 3.00. The summed E-state index contributed by atoms with van der Waals surface area (Å²) in [4.78, 5) is 26.6. The van der Waals surface area contributed by atoms with E-state index in [0.717, 1.165) is 0 Å². The molecule has 2 amide bonds. The maximum atomic E-state index is 14.0. The highest BCUT2D eigenvalue weighted by atomic mass is 19.1. The SMILES string of the molecule is COCC1(C(N)=O)CCCN1C(=O)c1ccc(F)c2ccccc12. The number of carbonyl (C=O) groups is 2. The summed E-state index contributed by atoms with van der Waals surface area (Å²) in [7, 11) is 1.47. The van der Waals surface area contributed by atoms with Crippen LogP contribution in [0.25, 0.3) is 10.8 Å². The summed E-state index contributed by atoms with van der Waals surface area (Å²) in [5.74, 6) is -1.30. The second kappa shape index (κ2) is 6.20. The first-order chi connectivity index (χ1) is 11.5. The van der Waals surface area contributed by atoms with E-state index in [1.807, 2.05) is 0 Å². The number of nitrogens with zero attached hydrogens (tertiary/aromatic N) is 1. The van der Waals surface area contributed by atoms with Crippen molar-refractivity contribution in [2.75, 3.05) is 20.3 Å². The number of amides is 2. The molecule has 6 heteroatoms. The second-order valence-electron chi connectivity index (χ2n) is 6.03. The van der Waals surface area contributed by atoms with Gasteiger partial charge in [-0.15, -0.1) is 0 Å². The van der Waals surface area contributed by atoms with Crippen molar-refractivity contribution in [3.63, 3.8) is 0 Å². The Balaban J connectivity index is 2.09. The number of primary amides is 1. The summed E-state index contributed by atoms with van der Waals surface area (Å²) in [6.07, 6.45) is 1.12. The Labute approximate surface area is 139 Å². The lowest BCUT2D eigenvalue weighted by Crippen LogP contribution is -2.58. The zero-order chi connectivity index (χ0) is 17.3. The Bertz CT molecular complexity index is 808. The minimum absolute atomic E-state index is 0.0488. The summed E-state index contributed by atoms with van der Waals surface area (Å²) >= 11 is 0. The maximum Gasteiger partial charge on any atom is 0.255 e. The zero-order valence-electron chi connectivity index (χ0n) is 13.4. The van der Waals surface area contributed by atoms with Crippen molar-refractivity contribution < 1.29 is 18.7 Å². The highest BCUT2D eigenvalue weighted by Gasteiger charge is 2.49. The van der Waals surface area contributed by atoms with E-state index in [4.69, 9.17) is 10.5 Å². The van der Waals surface area contributed by atoms with Crippen molar-refractivity contribution in [2.45, 2.75) is 18.4 Å². The van der Waals surface area contributed by atoms with E-state index in [-0.39, 0.29) is 18.3 Å². The van der Waals surface area contributed by atoms with Gasteiger partial charge in [0.25, 0.3) is 5.91 Å². The van der Waals surface area contributed by atoms with E-state index in [1.165, 1.54) is 24.1 Å². The summed E-state index contributed by atoms with van der Waals surface area (Å²) in [5.41, 5.74) is 4.79. The number of ether oxygens (including phenoxy) is 1. The van der Waals surface area contributed by atoms with Gasteiger partial charge < -0.3 is 15.4 Å². The lowest BCUT2D eigenvalue weighted by molar-refractivity contribution is -0.130. The molecule has 0 spiro atoms. The van der Waals surface area contributed by atoms with Crippen molar-refractivity contribution in [1.29, 1.82) is 0 Å². The van der Waals surface area contributed by atoms with E-state index >= 15 is 0 Å². The van der Waals surface area contributed by atoms with E-state index in [9.17, 15) is 14.0 Å². The second-order valence-corrected chi connectivity index (χ2v) is 6.03. The van der Waals surface area contributed by atoms with Crippen molar-refractivity contribution in [3.8, 4) is 0 Å². The summed E-state index contributed by atoms with van der Waals surface area (Å²) < 4.78 is 19.1. The number of hydrogen-bond acceptors (Lipinski definition) is 3. The minimum atomic E-state index is -1.15. The Morgan fingerprint density at radius 2 is 1.96 bits per heavy atom. The van der Waals surface area contributed by atoms with Gasteiger partial charge >= 0.3 is 0 Å². The van der Waals surface area contributed by atoms with Crippen LogP contribution in [0.1, 0.15) is 23.2 Å². The van der Waals surface area contributed by atoms with Gasteiger partial charge in [-0.3, -0.25) is 9.59 Å². The number of nitrogens with two attached hydrogens (primary N) is 1. The molecule has 0 aromatic heterocycles. The molecule has 1 atom stereocenters. The van der Waals surface area contributed by atoms with Crippen LogP contribution >= 0.6 is 0 Å². The fraction of sp³-hybridized carbons (Fsp3) is 0.333. The molecule has 24 heavy (non-hydrogen) atoms. The molecule has 2 aromatic rings. The van der Waals surface area contributed by atoms with Crippen molar-refractivity contribution in [3.05, 3.63) is 47.8 Å². The first kappa shape index (κ1) is 16.4. The van der Waals surface area contributed by atoms with Crippen molar-refractivity contribution >= 4 is 22.6 Å². The van der Waals surface area contributed by atoms with Gasteiger partial charge in [-0.1, -0.05) is 24.3 Å². The Morgan fingerprint density at radius 1 is 1.25 bits per heavy atom. The summed E-state index contributed by atoms with van der Waals surface area (Å²) in [6.45, 7) is 0.462. The molecule has 1 unspecified atom stereocenters. The maximum absolute atomic E-state index is 14.0. The minimum Gasteiger partial charge on any atom is -0.382 e. The van der Waals surface area contributed by atoms with Crippen LogP contribution < -0.4 is 5.73 Å². The molecule has 5 nitrogen and oxygen atoms in total. The molecule has 0 aliphatic carbocycles. The number of benzene rings is 2. The van der Waals surface area contributed by atoms with E-state index in [1.54, 1.807) is 24.3 Å². The predicted octanol–water partition coefficient (Wildman–Crippen LogP) is 2.09. The fourth-order valence-electron chi connectivity index (χ4n) is 3.48. The van der Waals surface area contributed by atoms with Gasteiger partial charge in [0, 0.05) is 24.6 Å². The number of fused-ring (bicyclic) bond motifs is 1. The van der Waals surface area contributed by atoms with Crippen LogP contribution in [0.5, 0.6) is 0 Å². The van der Waals surface area contributed by atoms with Gasteiger partial charge in [0.2, 0.25) is 5.91 Å². The monoisotopic (exact) mass is 330 g/mol. The largest absolute Gasteiger partial charge is 0.382 e. The number of halogens is 1. The van der Waals surface area contributed by atoms with Crippen LogP contribution in [0.3, 0.4) is 0 Å². The molecular weight excluding hydrogens is 311 g/mol. The topological polar surface area (TPSA) is 72.6 Å². The molecule has 1 saturated heterocycles. The Hall–Kier alpha value is -2.47. The van der Waals surface area contributed by atoms with Gasteiger partial charge in [0.05, 0.1) is 6.61 Å². The normalized spacial score (nSPS) is 20.5. The van der Waals surface area contributed by atoms with Gasteiger partial charge in [-0.2, -0.15) is 0 Å². The number of hydrogen-bond donors (Lipinski definition) is 1. The zero-order valence-corrected chi connectivity index (χ0v) is 13.4. The summed E-state index contributed by atoms with van der Waals surface area (Å²) in [6, 6.07) is 9.52. The number of likely N-dealkylation sites (tertiary alicyclic amines) is 1. The van der Waals surface area contributed by atoms with Crippen LogP contribution in [-0.4, -0.2) is 42.5 Å². The van der Waals surface area contributed by atoms with Gasteiger partial charge in [-0.05, 0) is 30.4 Å². The Kier molecular flexibility index (Phi) is 4.24. The van der Waals surface area contributed by atoms with Crippen molar-refractivity contribution in [2.24, 2.45) is 5.73 Å². The molecule has 126 valence electrons. The first-order valence-corrected chi connectivity index (χ1v) is 7.79. The van der Waals surface area contributed by atoms with Crippen LogP contribution in [0.15, 0.2) is 36.4 Å². The van der Waals surface area contributed by atoms with Gasteiger partial charge in [-0.25, -0.2) is 4.39 Å². The number of carbonyl (C=O) groups excluding carboxylic acids is 2. The van der Waals surface area contributed by atoms with E-state index in [0.29, 0.717) is 35.7 Å². The molecule has 2 aromatic carbocycles. The molecule has 0 bridgehead atoms. The van der Waals surface area contributed by atoms with Crippen LogP contribution in [-0.2, 0) is 9.53 Å². The highest BCUT2D eigenvalue weighted by molar-refractivity contribution is 6.09. The molecule has 1 aliphatic rings. The van der Waals surface area contributed by atoms with E-state index in [2.05, 4.69) is 0 Å². The van der Waals surface area contributed by atoms with Gasteiger partial charge in [0.1, 0.15) is 11.4 Å². The molecular formula is C18H19FN2O3. The molecule has 0 saturated carbocycles. The first-order valence-electron chi connectivity index (χ1n) is 7.79. The van der Waals surface area contributed by atoms with Gasteiger partial charge in [0.15, 0.2) is 0 Å². The van der Waals surface area contributed by atoms with Crippen LogP contribution in [0.2, 0.25) is 0 Å². The fourth-order valence-corrected chi connectivity index (χ4v) is 3.48. The molecule has 1 heterocycles. The smallest absolute Gasteiger partial charge is 0.255 e. The number of rotatable bonds is 4. The van der Waals surface area contributed by atoms with Crippen LogP contribution in [0.4, 0.5) is 4.39 Å². The number of methoxy groups -OCH3 is 1. The summed E-state index contributed by atoms with van der Waals surface area (Å²) in [5, 5.41) is 0.893. The highest BCUT2D eigenvalue weighted by Crippen LogP contribution is 2.33. The third kappa shape index (κ3) is 2.43. The molecule has 3 rings (SSSR count). The predicted molar refractivity (Wildman–Crippen MR) is 88.0 cm³/mol. The van der Waals surface area contributed by atoms with Crippen LogP contribution in [0, 0.1) is 5.82 Å². The quantitative estimate of drug-likeness (QED) is 0.933. The Morgan fingerprint density at radius 3 is 2.62 bits per heavy atom. The molecule has 0 radical (unpaired) electrons. The molecule has 2 N–H and O–H groups in total. The van der Waals surface area contributed by atoms with E-state index < -0.39 is 11.4 Å². The standard InChI is InChI=1S/C18H19FN2O3/c1-24-11-18(17(20)23)9-4-10-21(18)16(22)14-7-8-15(19)13-6-3-2-5-12(13)14/h2-3,5-8H,4,9-11H2,1H3,(H2,20,23). The van der Waals surface area contributed by atoms with Crippen molar-refractivity contribution in [1.82, 2.24) is 4.90 Å². The molecule has 1 aliphatic heterocycles. The molecule has 1 fully saturated rings. The lowest BCUT2D eigenvalue weighted by Gasteiger charge is -2.35. The third-order valence-corrected chi connectivity index (χ3v) is 4.68. The third-order valence-electron chi connectivity index (χ3n) is 4.68.